The van der Waals surface area contributed by atoms with Gasteiger partial charge in [-0.25, -0.2) is 9.97 Å². The van der Waals surface area contributed by atoms with E-state index in [0.717, 1.165) is 35.0 Å². The Morgan fingerprint density at radius 3 is 2.75 bits per heavy atom. The summed E-state index contributed by atoms with van der Waals surface area (Å²) in [6.45, 7) is 6.81. The number of hydrogen-bond acceptors (Lipinski definition) is 4. The van der Waals surface area contributed by atoms with Crippen LogP contribution in [0, 0.1) is 13.8 Å². The van der Waals surface area contributed by atoms with Crippen LogP contribution in [-0.4, -0.2) is 16.5 Å². The van der Waals surface area contributed by atoms with Crippen LogP contribution in [0.25, 0.3) is 11.3 Å². The van der Waals surface area contributed by atoms with Crippen molar-refractivity contribution in [1.29, 1.82) is 0 Å². The summed E-state index contributed by atoms with van der Waals surface area (Å²) in [5, 5.41) is 3.24. The van der Waals surface area contributed by atoms with Gasteiger partial charge in [0.05, 0.1) is 18.2 Å². The number of aromatic nitrogens is 2. The van der Waals surface area contributed by atoms with Crippen molar-refractivity contribution >= 4 is 5.82 Å². The Kier molecular flexibility index (Phi) is 2.90. The van der Waals surface area contributed by atoms with Gasteiger partial charge in [0.15, 0.2) is 0 Å². The van der Waals surface area contributed by atoms with E-state index in [1.54, 1.807) is 12.5 Å². The molecular formula is C12H15N3O. The molecule has 4 heteroatoms. The molecule has 1 N–H and O–H groups in total. The van der Waals surface area contributed by atoms with Gasteiger partial charge >= 0.3 is 0 Å². The van der Waals surface area contributed by atoms with E-state index < -0.39 is 0 Å². The van der Waals surface area contributed by atoms with Crippen LogP contribution in [0.4, 0.5) is 5.82 Å². The summed E-state index contributed by atoms with van der Waals surface area (Å²) in [4.78, 5) is 8.83. The topological polar surface area (TPSA) is 51.0 Å². The minimum absolute atomic E-state index is 0.762. The fraction of sp³-hybridized carbons (Fsp3) is 0.333. The molecule has 0 aliphatic heterocycles. The molecule has 0 amide bonds. The molecule has 2 aromatic rings. The van der Waals surface area contributed by atoms with Gasteiger partial charge in [0, 0.05) is 17.7 Å². The first-order valence-corrected chi connectivity index (χ1v) is 5.34. The SMILES string of the molecule is CCNc1nc(C)nc(-c2ccoc2)c1C. The minimum Gasteiger partial charge on any atom is -0.472 e. The molecule has 0 atom stereocenters. The van der Waals surface area contributed by atoms with Crippen LogP contribution in [0.3, 0.4) is 0 Å². The molecule has 0 aliphatic carbocycles. The van der Waals surface area contributed by atoms with E-state index in [-0.39, 0.29) is 0 Å². The molecule has 2 rings (SSSR count). The van der Waals surface area contributed by atoms with Crippen molar-refractivity contribution < 1.29 is 4.42 Å². The molecule has 0 saturated carbocycles. The second kappa shape index (κ2) is 4.35. The Hall–Kier alpha value is -1.84. The van der Waals surface area contributed by atoms with Crippen LogP contribution in [0.15, 0.2) is 23.0 Å². The Morgan fingerprint density at radius 1 is 1.31 bits per heavy atom. The average molecular weight is 217 g/mol. The van der Waals surface area contributed by atoms with E-state index >= 15 is 0 Å². The molecule has 0 spiro atoms. The number of nitrogens with zero attached hydrogens (tertiary/aromatic N) is 2. The molecule has 4 nitrogen and oxygen atoms in total. The van der Waals surface area contributed by atoms with Crippen LogP contribution in [-0.2, 0) is 0 Å². The van der Waals surface area contributed by atoms with Crippen molar-refractivity contribution in [2.45, 2.75) is 20.8 Å². The summed E-state index contributed by atoms with van der Waals surface area (Å²) in [5.74, 6) is 1.66. The lowest BCUT2D eigenvalue weighted by Crippen LogP contribution is -2.05. The fourth-order valence-corrected chi connectivity index (χ4v) is 1.65. The molecule has 2 aromatic heterocycles. The molecule has 0 bridgehead atoms. The maximum Gasteiger partial charge on any atom is 0.133 e. The van der Waals surface area contributed by atoms with Gasteiger partial charge in [-0.2, -0.15) is 0 Å². The summed E-state index contributed by atoms with van der Waals surface area (Å²) in [7, 11) is 0. The number of furan rings is 1. The standard InChI is InChI=1S/C12H15N3O/c1-4-13-12-8(2)11(14-9(3)15-12)10-5-6-16-7-10/h5-7H,4H2,1-3H3,(H,13,14,15). The minimum atomic E-state index is 0.762. The lowest BCUT2D eigenvalue weighted by molar-refractivity contribution is 0.568. The van der Waals surface area contributed by atoms with Crippen LogP contribution >= 0.6 is 0 Å². The molecule has 0 aliphatic rings. The fourth-order valence-electron chi connectivity index (χ4n) is 1.65. The highest BCUT2D eigenvalue weighted by atomic mass is 16.3. The second-order valence-electron chi connectivity index (χ2n) is 3.64. The smallest absolute Gasteiger partial charge is 0.133 e. The van der Waals surface area contributed by atoms with Crippen LogP contribution in [0.1, 0.15) is 18.3 Å². The maximum atomic E-state index is 5.08. The zero-order valence-electron chi connectivity index (χ0n) is 9.74. The summed E-state index contributed by atoms with van der Waals surface area (Å²) < 4.78 is 5.08. The summed E-state index contributed by atoms with van der Waals surface area (Å²) in [5.41, 5.74) is 2.97. The molecule has 16 heavy (non-hydrogen) atoms. The van der Waals surface area contributed by atoms with Gasteiger partial charge in [0.2, 0.25) is 0 Å². The quantitative estimate of drug-likeness (QED) is 0.858. The van der Waals surface area contributed by atoms with Gasteiger partial charge in [0.1, 0.15) is 11.6 Å². The predicted octanol–water partition coefficient (Wildman–Crippen LogP) is 2.79. The molecule has 0 saturated heterocycles. The highest BCUT2D eigenvalue weighted by Crippen LogP contribution is 2.25. The van der Waals surface area contributed by atoms with Crippen LogP contribution < -0.4 is 5.32 Å². The highest BCUT2D eigenvalue weighted by molar-refractivity contribution is 5.67. The third kappa shape index (κ3) is 1.91. The molecule has 2 heterocycles. The summed E-state index contributed by atoms with van der Waals surface area (Å²) in [6, 6.07) is 1.91. The Bertz CT molecular complexity index is 477. The van der Waals surface area contributed by atoms with Gasteiger partial charge < -0.3 is 9.73 Å². The molecule has 0 unspecified atom stereocenters. The Labute approximate surface area is 94.7 Å². The Balaban J connectivity index is 2.53. The van der Waals surface area contributed by atoms with Gasteiger partial charge in [-0.05, 0) is 26.8 Å². The average Bonchev–Trinajstić information content (AvgIpc) is 2.76. The molecule has 0 fully saturated rings. The van der Waals surface area contributed by atoms with Crippen LogP contribution in [0.2, 0.25) is 0 Å². The van der Waals surface area contributed by atoms with E-state index in [1.807, 2.05) is 19.9 Å². The van der Waals surface area contributed by atoms with Gasteiger partial charge in [-0.3, -0.25) is 0 Å². The van der Waals surface area contributed by atoms with E-state index in [9.17, 15) is 0 Å². The van der Waals surface area contributed by atoms with E-state index in [0.29, 0.717) is 0 Å². The molecule has 84 valence electrons. The normalized spacial score (nSPS) is 10.4. The first-order chi connectivity index (χ1) is 7.72. The van der Waals surface area contributed by atoms with Crippen molar-refractivity contribution in [1.82, 2.24) is 9.97 Å². The lowest BCUT2D eigenvalue weighted by Gasteiger charge is -2.10. The summed E-state index contributed by atoms with van der Waals surface area (Å²) in [6.07, 6.45) is 3.35. The van der Waals surface area contributed by atoms with Gasteiger partial charge in [-0.1, -0.05) is 0 Å². The van der Waals surface area contributed by atoms with E-state index in [2.05, 4.69) is 22.2 Å². The highest BCUT2D eigenvalue weighted by Gasteiger charge is 2.11. The molecular weight excluding hydrogens is 202 g/mol. The third-order valence-electron chi connectivity index (χ3n) is 2.40. The largest absolute Gasteiger partial charge is 0.472 e. The van der Waals surface area contributed by atoms with E-state index in [4.69, 9.17) is 4.42 Å². The molecule has 0 aromatic carbocycles. The summed E-state index contributed by atoms with van der Waals surface area (Å²) >= 11 is 0. The number of aryl methyl sites for hydroxylation is 1. The lowest BCUT2D eigenvalue weighted by atomic mass is 10.1. The first-order valence-electron chi connectivity index (χ1n) is 5.34. The Morgan fingerprint density at radius 2 is 2.12 bits per heavy atom. The first kappa shape index (κ1) is 10.7. The molecule has 0 radical (unpaired) electrons. The zero-order chi connectivity index (χ0) is 11.5. The monoisotopic (exact) mass is 217 g/mol. The van der Waals surface area contributed by atoms with Crippen molar-refractivity contribution in [3.05, 3.63) is 30.0 Å². The van der Waals surface area contributed by atoms with Gasteiger partial charge in [-0.15, -0.1) is 0 Å². The third-order valence-corrected chi connectivity index (χ3v) is 2.40. The number of rotatable bonds is 3. The van der Waals surface area contributed by atoms with E-state index in [1.165, 1.54) is 0 Å². The number of anilines is 1. The van der Waals surface area contributed by atoms with Gasteiger partial charge in [0.25, 0.3) is 0 Å². The predicted molar refractivity (Wildman–Crippen MR) is 63.4 cm³/mol. The van der Waals surface area contributed by atoms with Crippen LogP contribution in [0.5, 0.6) is 0 Å². The van der Waals surface area contributed by atoms with Crippen molar-refractivity contribution in [3.8, 4) is 11.3 Å². The zero-order valence-corrected chi connectivity index (χ0v) is 9.74. The van der Waals surface area contributed by atoms with Crippen molar-refractivity contribution in [3.63, 3.8) is 0 Å². The number of hydrogen-bond donors (Lipinski definition) is 1. The number of nitrogens with one attached hydrogen (secondary N) is 1. The van der Waals surface area contributed by atoms with Crippen molar-refractivity contribution in [2.24, 2.45) is 0 Å². The maximum absolute atomic E-state index is 5.08. The van der Waals surface area contributed by atoms with Crippen molar-refractivity contribution in [2.75, 3.05) is 11.9 Å². The second-order valence-corrected chi connectivity index (χ2v) is 3.64.